The van der Waals surface area contributed by atoms with Gasteiger partial charge in [0, 0.05) is 31.2 Å². The third-order valence-electron chi connectivity index (χ3n) is 4.31. The van der Waals surface area contributed by atoms with E-state index in [2.05, 4.69) is 40.7 Å². The molecule has 9 heteroatoms. The number of nitrogens with zero attached hydrogens (tertiary/aromatic N) is 6. The molecule has 1 aromatic carbocycles. The summed E-state index contributed by atoms with van der Waals surface area (Å²) in [6.07, 6.45) is 5.11. The zero-order chi connectivity index (χ0) is 19.9. The van der Waals surface area contributed by atoms with Gasteiger partial charge in [0.15, 0.2) is 0 Å². The second-order valence-electron chi connectivity index (χ2n) is 6.52. The molecule has 0 unspecified atom stereocenters. The zero-order valence-electron chi connectivity index (χ0n) is 16.1. The number of benzene rings is 1. The summed E-state index contributed by atoms with van der Waals surface area (Å²) in [5.41, 5.74) is 5.91. The highest BCUT2D eigenvalue weighted by Gasteiger charge is 2.16. The number of pyridine rings is 1. The number of anilines is 4. The Morgan fingerprint density at radius 2 is 1.69 bits per heavy atom. The Morgan fingerprint density at radius 3 is 2.45 bits per heavy atom. The van der Waals surface area contributed by atoms with Crippen molar-refractivity contribution in [2.75, 3.05) is 41.9 Å². The first-order chi connectivity index (χ1) is 14.3. The van der Waals surface area contributed by atoms with Gasteiger partial charge in [0.2, 0.25) is 17.8 Å². The molecule has 4 rings (SSSR count). The van der Waals surface area contributed by atoms with Crippen LogP contribution < -0.4 is 15.6 Å². The molecule has 0 radical (unpaired) electrons. The molecule has 9 nitrogen and oxygen atoms in total. The maximum Gasteiger partial charge on any atom is 0.250 e. The van der Waals surface area contributed by atoms with E-state index < -0.39 is 0 Å². The first kappa shape index (κ1) is 18.8. The van der Waals surface area contributed by atoms with Gasteiger partial charge in [-0.15, -0.1) is 0 Å². The molecule has 1 aliphatic rings. The van der Waals surface area contributed by atoms with Gasteiger partial charge in [0.25, 0.3) is 0 Å². The largest absolute Gasteiger partial charge is 0.378 e. The Labute approximate surface area is 168 Å². The molecule has 0 amide bonds. The van der Waals surface area contributed by atoms with Gasteiger partial charge in [-0.3, -0.25) is 4.98 Å². The fourth-order valence-electron chi connectivity index (χ4n) is 2.76. The first-order valence-corrected chi connectivity index (χ1v) is 9.38. The molecular weight excluding hydrogens is 368 g/mol. The van der Waals surface area contributed by atoms with Crippen LogP contribution in [0.3, 0.4) is 0 Å². The summed E-state index contributed by atoms with van der Waals surface area (Å²) in [5.74, 6) is 1.40. The average molecular weight is 390 g/mol. The van der Waals surface area contributed by atoms with Crippen molar-refractivity contribution in [2.45, 2.75) is 6.92 Å². The van der Waals surface area contributed by atoms with Gasteiger partial charge in [0.1, 0.15) is 0 Å². The van der Waals surface area contributed by atoms with Crippen LogP contribution in [0, 0.1) is 6.92 Å². The van der Waals surface area contributed by atoms with E-state index >= 15 is 0 Å². The van der Waals surface area contributed by atoms with Crippen molar-refractivity contribution in [3.05, 3.63) is 59.9 Å². The van der Waals surface area contributed by atoms with Crippen LogP contribution in [-0.2, 0) is 4.74 Å². The molecule has 3 heterocycles. The standard InChI is InChI=1S/C20H22N8O/c1-15-2-4-17(5-3-15)23-18-24-19(27-22-14-16-6-8-21-9-7-16)26-20(25-18)28-10-12-29-13-11-28/h2-9,14H,10-13H2,1H3,(H2,23,24,25,26,27)/b22-14+. The second kappa shape index (κ2) is 9.07. The number of hydrazone groups is 1. The van der Waals surface area contributed by atoms with Crippen LogP contribution in [0.15, 0.2) is 53.9 Å². The van der Waals surface area contributed by atoms with Gasteiger partial charge in [-0.1, -0.05) is 17.7 Å². The third-order valence-corrected chi connectivity index (χ3v) is 4.31. The molecular formula is C20H22N8O. The fraction of sp³-hybridized carbons (Fsp3) is 0.250. The predicted octanol–water partition coefficient (Wildman–Crippen LogP) is 2.60. The van der Waals surface area contributed by atoms with Crippen molar-refractivity contribution in [3.63, 3.8) is 0 Å². The minimum absolute atomic E-state index is 0.362. The lowest BCUT2D eigenvalue weighted by atomic mass is 10.2. The molecule has 3 aromatic rings. The fourth-order valence-corrected chi connectivity index (χ4v) is 2.76. The van der Waals surface area contributed by atoms with Gasteiger partial charge >= 0.3 is 0 Å². The van der Waals surface area contributed by atoms with E-state index in [1.165, 1.54) is 5.56 Å². The van der Waals surface area contributed by atoms with Crippen LogP contribution in [0.5, 0.6) is 0 Å². The molecule has 1 fully saturated rings. The Kier molecular flexibility index (Phi) is 5.87. The van der Waals surface area contributed by atoms with E-state index in [4.69, 9.17) is 4.74 Å². The summed E-state index contributed by atoms with van der Waals surface area (Å²) in [5, 5.41) is 7.47. The highest BCUT2D eigenvalue weighted by Crippen LogP contribution is 2.19. The Morgan fingerprint density at radius 1 is 0.966 bits per heavy atom. The topological polar surface area (TPSA) is 100 Å². The lowest BCUT2D eigenvalue weighted by Crippen LogP contribution is -2.37. The first-order valence-electron chi connectivity index (χ1n) is 9.38. The normalized spacial score (nSPS) is 14.2. The molecule has 0 saturated carbocycles. The van der Waals surface area contributed by atoms with Gasteiger partial charge in [-0.2, -0.15) is 20.1 Å². The summed E-state index contributed by atoms with van der Waals surface area (Å²) in [6.45, 7) is 4.80. The number of rotatable bonds is 6. The van der Waals surface area contributed by atoms with Crippen LogP contribution in [0.2, 0.25) is 0 Å². The Bertz CT molecular complexity index is 956. The van der Waals surface area contributed by atoms with Gasteiger partial charge in [0.05, 0.1) is 19.4 Å². The quantitative estimate of drug-likeness (QED) is 0.489. The average Bonchev–Trinajstić information content (AvgIpc) is 2.77. The molecule has 1 aliphatic heterocycles. The number of aryl methyl sites for hydroxylation is 1. The predicted molar refractivity (Wildman–Crippen MR) is 113 cm³/mol. The molecule has 0 bridgehead atoms. The van der Waals surface area contributed by atoms with E-state index in [9.17, 15) is 0 Å². The van der Waals surface area contributed by atoms with Gasteiger partial charge in [-0.05, 0) is 36.8 Å². The number of aromatic nitrogens is 4. The maximum absolute atomic E-state index is 5.43. The number of ether oxygens (including phenoxy) is 1. The summed E-state index contributed by atoms with van der Waals surface area (Å²) < 4.78 is 5.43. The highest BCUT2D eigenvalue weighted by molar-refractivity contribution is 5.79. The minimum atomic E-state index is 0.362. The monoisotopic (exact) mass is 390 g/mol. The summed E-state index contributed by atoms with van der Waals surface area (Å²) >= 11 is 0. The van der Waals surface area contributed by atoms with Crippen molar-refractivity contribution in [2.24, 2.45) is 5.10 Å². The molecule has 148 valence electrons. The van der Waals surface area contributed by atoms with Crippen LogP contribution >= 0.6 is 0 Å². The van der Waals surface area contributed by atoms with E-state index in [-0.39, 0.29) is 0 Å². The van der Waals surface area contributed by atoms with E-state index in [1.54, 1.807) is 18.6 Å². The number of morpholine rings is 1. The van der Waals surface area contributed by atoms with E-state index in [0.717, 1.165) is 24.3 Å². The molecule has 0 atom stereocenters. The van der Waals surface area contributed by atoms with Crippen LogP contribution in [0.25, 0.3) is 0 Å². The Balaban J connectivity index is 1.56. The minimum Gasteiger partial charge on any atom is -0.378 e. The van der Waals surface area contributed by atoms with E-state index in [1.807, 2.05) is 43.3 Å². The van der Waals surface area contributed by atoms with Crippen molar-refractivity contribution < 1.29 is 4.74 Å². The van der Waals surface area contributed by atoms with Crippen LogP contribution in [0.4, 0.5) is 23.5 Å². The number of hydrogen-bond acceptors (Lipinski definition) is 9. The SMILES string of the molecule is Cc1ccc(Nc2nc(N/N=C/c3ccncc3)nc(N3CCOCC3)n2)cc1. The molecule has 2 aromatic heterocycles. The van der Waals surface area contributed by atoms with Crippen molar-refractivity contribution in [1.82, 2.24) is 19.9 Å². The van der Waals surface area contributed by atoms with Crippen molar-refractivity contribution >= 4 is 29.7 Å². The number of hydrogen-bond donors (Lipinski definition) is 2. The van der Waals surface area contributed by atoms with Crippen molar-refractivity contribution in [3.8, 4) is 0 Å². The smallest absolute Gasteiger partial charge is 0.250 e. The number of nitrogens with one attached hydrogen (secondary N) is 2. The van der Waals surface area contributed by atoms with Gasteiger partial charge < -0.3 is 15.0 Å². The molecule has 1 saturated heterocycles. The van der Waals surface area contributed by atoms with Gasteiger partial charge in [-0.25, -0.2) is 5.43 Å². The molecule has 29 heavy (non-hydrogen) atoms. The summed E-state index contributed by atoms with van der Waals surface area (Å²) in [4.78, 5) is 19.6. The van der Waals surface area contributed by atoms with Crippen LogP contribution in [0.1, 0.15) is 11.1 Å². The lowest BCUT2D eigenvalue weighted by Gasteiger charge is -2.27. The highest BCUT2D eigenvalue weighted by atomic mass is 16.5. The lowest BCUT2D eigenvalue weighted by molar-refractivity contribution is 0.122. The molecule has 0 spiro atoms. The summed E-state index contributed by atoms with van der Waals surface area (Å²) in [7, 11) is 0. The maximum atomic E-state index is 5.43. The van der Waals surface area contributed by atoms with Crippen LogP contribution in [-0.4, -0.2) is 52.5 Å². The summed E-state index contributed by atoms with van der Waals surface area (Å²) in [6, 6.07) is 11.8. The Hall–Kier alpha value is -3.59. The zero-order valence-corrected chi connectivity index (χ0v) is 16.1. The third kappa shape index (κ3) is 5.23. The van der Waals surface area contributed by atoms with E-state index in [0.29, 0.717) is 31.1 Å². The molecule has 2 N–H and O–H groups in total. The van der Waals surface area contributed by atoms with Crippen molar-refractivity contribution in [1.29, 1.82) is 0 Å². The molecule has 0 aliphatic carbocycles. The second-order valence-corrected chi connectivity index (χ2v) is 6.52.